The smallest absolute Gasteiger partial charge is 0.448 e. The first-order valence-corrected chi connectivity index (χ1v) is 8.02. The van der Waals surface area contributed by atoms with E-state index in [2.05, 4.69) is 0 Å². The highest BCUT2D eigenvalue weighted by Gasteiger charge is 2.45. The van der Waals surface area contributed by atoms with Gasteiger partial charge in [0, 0.05) is 25.6 Å². The van der Waals surface area contributed by atoms with Gasteiger partial charge in [0.15, 0.2) is 0 Å². The number of nitrogens with zero attached hydrogens (tertiary/aromatic N) is 2. The second kappa shape index (κ2) is 7.05. The van der Waals surface area contributed by atoms with Crippen LogP contribution in [0.3, 0.4) is 0 Å². The Morgan fingerprint density at radius 2 is 1.83 bits per heavy atom. The molecule has 0 bridgehead atoms. The predicted octanol–water partition coefficient (Wildman–Crippen LogP) is 3.49. The quantitative estimate of drug-likeness (QED) is 0.788. The summed E-state index contributed by atoms with van der Waals surface area (Å²) in [5.41, 5.74) is 0.137. The van der Waals surface area contributed by atoms with Crippen molar-refractivity contribution in [3.8, 4) is 0 Å². The summed E-state index contributed by atoms with van der Waals surface area (Å²) >= 11 is 0. The third-order valence-corrected chi connectivity index (χ3v) is 3.82. The number of piperazine rings is 1. The van der Waals surface area contributed by atoms with Crippen molar-refractivity contribution >= 4 is 13.1 Å². The second-order valence-corrected chi connectivity index (χ2v) is 7.09. The van der Waals surface area contributed by atoms with Gasteiger partial charge in [-0.3, -0.25) is 4.90 Å². The van der Waals surface area contributed by atoms with Gasteiger partial charge in [-0.15, -0.1) is 0 Å². The van der Waals surface area contributed by atoms with Crippen molar-refractivity contribution in [1.29, 1.82) is 0 Å². The molecule has 0 aromatic heterocycles. The van der Waals surface area contributed by atoms with Crippen LogP contribution in [0.2, 0.25) is 0 Å². The van der Waals surface area contributed by atoms with Crippen LogP contribution in [0.15, 0.2) is 30.3 Å². The van der Waals surface area contributed by atoms with Crippen molar-refractivity contribution in [2.24, 2.45) is 0 Å². The molecule has 4 nitrogen and oxygen atoms in total. The molecule has 1 aromatic carbocycles. The van der Waals surface area contributed by atoms with Crippen LogP contribution in [0.4, 0.5) is 17.7 Å². The number of hydrogen-bond acceptors (Lipinski definition) is 3. The fraction of sp³-hybridized carbons (Fsp3) is 0.562. The van der Waals surface area contributed by atoms with Gasteiger partial charge in [-0.25, -0.2) is 4.79 Å². The molecule has 1 amide bonds. The van der Waals surface area contributed by atoms with Gasteiger partial charge in [0.05, 0.1) is 0 Å². The van der Waals surface area contributed by atoms with Crippen LogP contribution in [0.25, 0.3) is 0 Å². The van der Waals surface area contributed by atoms with Crippen LogP contribution in [0, 0.1) is 0 Å². The molecule has 0 aliphatic carbocycles. The van der Waals surface area contributed by atoms with Gasteiger partial charge >= 0.3 is 13.1 Å². The van der Waals surface area contributed by atoms with Crippen LogP contribution < -0.4 is 0 Å². The molecule has 1 saturated heterocycles. The lowest BCUT2D eigenvalue weighted by molar-refractivity contribution is 0.00313. The monoisotopic (exact) mass is 343 g/mol. The molecule has 1 atom stereocenters. The number of carbonyl (C=O) groups is 1. The lowest BCUT2D eigenvalue weighted by Gasteiger charge is -2.45. The van der Waals surface area contributed by atoms with Crippen molar-refractivity contribution in [3.05, 3.63) is 35.9 Å². The highest BCUT2D eigenvalue weighted by atomic mass is 19.4. The molecule has 0 saturated carbocycles. The van der Waals surface area contributed by atoms with E-state index < -0.39 is 24.6 Å². The molecule has 24 heavy (non-hydrogen) atoms. The standard InChI is InChI=1S/C16H23BF3N2O2/c1-16(2,3)24-15(23)22-10-9-21(12-14(22)17(18,19)20)11-13-7-5-4-6-8-13/h4-8,14H,9-12H2,1-3H3/q-1/t14-/m0/s1. The Morgan fingerprint density at radius 1 is 1.21 bits per heavy atom. The molecule has 134 valence electrons. The van der Waals surface area contributed by atoms with Crippen LogP contribution in [0.5, 0.6) is 0 Å². The van der Waals surface area contributed by atoms with E-state index in [-0.39, 0.29) is 13.1 Å². The van der Waals surface area contributed by atoms with E-state index in [0.717, 1.165) is 10.5 Å². The Bertz CT molecular complexity index is 561. The number of ether oxygens (including phenoxy) is 1. The molecule has 1 fully saturated rings. The van der Waals surface area contributed by atoms with E-state index in [9.17, 15) is 17.7 Å². The molecule has 2 rings (SSSR count). The van der Waals surface area contributed by atoms with E-state index in [0.29, 0.717) is 13.1 Å². The Kier molecular flexibility index (Phi) is 5.47. The molecule has 1 heterocycles. The molecule has 0 unspecified atom stereocenters. The van der Waals surface area contributed by atoms with E-state index >= 15 is 0 Å². The first-order chi connectivity index (χ1) is 11.1. The Morgan fingerprint density at radius 3 is 2.38 bits per heavy atom. The minimum atomic E-state index is -5.19. The summed E-state index contributed by atoms with van der Waals surface area (Å²) in [5.74, 6) is -1.79. The summed E-state index contributed by atoms with van der Waals surface area (Å²) < 4.78 is 45.6. The Labute approximate surface area is 140 Å². The highest BCUT2D eigenvalue weighted by Crippen LogP contribution is 2.26. The number of hydrogen-bond donors (Lipinski definition) is 0. The maximum Gasteiger partial charge on any atom is 0.501 e. The van der Waals surface area contributed by atoms with E-state index in [1.165, 1.54) is 0 Å². The summed E-state index contributed by atoms with van der Waals surface area (Å²) in [6.45, 7) is 0.348. The number of rotatable bonds is 3. The second-order valence-electron chi connectivity index (χ2n) is 7.09. The van der Waals surface area contributed by atoms with Crippen LogP contribution in [-0.4, -0.2) is 54.0 Å². The molecule has 0 spiro atoms. The average molecular weight is 343 g/mol. The van der Waals surface area contributed by atoms with Gasteiger partial charge in [-0.2, -0.15) is 0 Å². The number of carbonyl (C=O) groups excluding carboxylic acids is 1. The van der Waals surface area contributed by atoms with E-state index in [1.807, 2.05) is 30.3 Å². The molecule has 8 heteroatoms. The maximum atomic E-state index is 13.5. The molecular weight excluding hydrogens is 320 g/mol. The largest absolute Gasteiger partial charge is 0.501 e. The fourth-order valence-corrected chi connectivity index (χ4v) is 2.73. The normalized spacial score (nSPS) is 20.1. The van der Waals surface area contributed by atoms with Crippen molar-refractivity contribution < 1.29 is 22.5 Å². The zero-order valence-corrected chi connectivity index (χ0v) is 14.2. The van der Waals surface area contributed by atoms with E-state index in [4.69, 9.17) is 4.74 Å². The maximum absolute atomic E-state index is 13.5. The zero-order valence-electron chi connectivity index (χ0n) is 14.2. The molecule has 1 aliphatic rings. The van der Waals surface area contributed by atoms with Gasteiger partial charge in [0.25, 0.3) is 0 Å². The zero-order chi connectivity index (χ0) is 18.0. The molecule has 1 aliphatic heterocycles. The third-order valence-electron chi connectivity index (χ3n) is 3.82. The van der Waals surface area contributed by atoms with Gasteiger partial charge < -0.3 is 22.6 Å². The van der Waals surface area contributed by atoms with Gasteiger partial charge in [-0.05, 0) is 32.9 Å². The number of amides is 1. The summed E-state index contributed by atoms with van der Waals surface area (Å²) in [4.78, 5) is 14.7. The van der Waals surface area contributed by atoms with Gasteiger partial charge in [0.2, 0.25) is 0 Å². The SMILES string of the molecule is CC(C)(C)OC(=O)N1CCN(Cc2ccccc2)C[C@H]1[B-](F)(F)F. The lowest BCUT2D eigenvalue weighted by atomic mass is 9.76. The molecule has 0 N–H and O–H groups in total. The minimum Gasteiger partial charge on any atom is -0.448 e. The minimum absolute atomic E-state index is 0.00761. The fourth-order valence-electron chi connectivity index (χ4n) is 2.73. The number of halogens is 3. The highest BCUT2D eigenvalue weighted by molar-refractivity contribution is 6.60. The van der Waals surface area contributed by atoms with Crippen LogP contribution in [-0.2, 0) is 11.3 Å². The number of benzene rings is 1. The Balaban J connectivity index is 2.09. The van der Waals surface area contributed by atoms with E-state index in [1.54, 1.807) is 25.7 Å². The molecule has 1 aromatic rings. The lowest BCUT2D eigenvalue weighted by Crippen LogP contribution is -2.63. The molecular formula is C16H23BF3N2O2-. The average Bonchev–Trinajstić information content (AvgIpc) is 2.45. The van der Waals surface area contributed by atoms with Crippen molar-refractivity contribution in [2.75, 3.05) is 19.6 Å². The summed E-state index contributed by atoms with van der Waals surface area (Å²) in [6.07, 6.45) is -0.897. The van der Waals surface area contributed by atoms with Crippen LogP contribution >= 0.6 is 0 Å². The summed E-state index contributed by atoms with van der Waals surface area (Å²) in [5, 5.41) is 0. The first kappa shape index (κ1) is 18.6. The topological polar surface area (TPSA) is 32.8 Å². The van der Waals surface area contributed by atoms with Gasteiger partial charge in [-0.1, -0.05) is 30.3 Å². The predicted molar refractivity (Wildman–Crippen MR) is 87.5 cm³/mol. The summed E-state index contributed by atoms with van der Waals surface area (Å²) in [6, 6.07) is 9.35. The third kappa shape index (κ3) is 5.16. The summed E-state index contributed by atoms with van der Waals surface area (Å²) in [7, 11) is 0. The van der Waals surface area contributed by atoms with Crippen molar-refractivity contribution in [1.82, 2.24) is 9.80 Å². The Hall–Kier alpha value is -1.70. The first-order valence-electron chi connectivity index (χ1n) is 8.02. The van der Waals surface area contributed by atoms with Crippen molar-refractivity contribution in [2.45, 2.75) is 38.9 Å². The van der Waals surface area contributed by atoms with Crippen LogP contribution in [0.1, 0.15) is 26.3 Å². The van der Waals surface area contributed by atoms with Gasteiger partial charge in [0.1, 0.15) is 5.60 Å². The molecule has 0 radical (unpaired) electrons. The van der Waals surface area contributed by atoms with Crippen molar-refractivity contribution in [3.63, 3.8) is 0 Å².